The van der Waals surface area contributed by atoms with Crippen LogP contribution in [-0.2, 0) is 0 Å². The van der Waals surface area contributed by atoms with E-state index in [0.29, 0.717) is 0 Å². The van der Waals surface area contributed by atoms with Crippen LogP contribution in [0.4, 0.5) is 0 Å². The van der Waals surface area contributed by atoms with Crippen LogP contribution in [0.5, 0.6) is 0 Å². The van der Waals surface area contributed by atoms with E-state index in [0.717, 1.165) is 19.0 Å². The minimum Gasteiger partial charge on any atom is -0.0688 e. The van der Waals surface area contributed by atoms with Crippen LogP contribution in [0, 0.1) is 0 Å². The second-order valence-corrected chi connectivity index (χ2v) is 10.8. The topological polar surface area (TPSA) is 0 Å². The van der Waals surface area contributed by atoms with Gasteiger partial charge in [-0.05, 0) is 60.6 Å². The molecular weight excluding hydrogens is 441 g/mol. The second-order valence-electron chi connectivity index (χ2n) is 8.69. The van der Waals surface area contributed by atoms with E-state index < -0.39 is 0 Å². The fourth-order valence-electron chi connectivity index (χ4n) is 5.11. The molecule has 0 saturated carbocycles. The zero-order valence-electron chi connectivity index (χ0n) is 19.4. The molecule has 0 atom stereocenters. The summed E-state index contributed by atoms with van der Waals surface area (Å²) in [6.45, 7) is 4.50. The maximum absolute atomic E-state index is 2.34. The lowest BCUT2D eigenvalue weighted by molar-refractivity contribution is 1.66. The minimum atomic E-state index is 0.789. The molecule has 160 valence electrons. The van der Waals surface area contributed by atoms with E-state index in [2.05, 4.69) is 122 Å². The summed E-state index contributed by atoms with van der Waals surface area (Å²) in [7, 11) is 1.62. The van der Waals surface area contributed by atoms with E-state index in [9.17, 15) is 0 Å². The van der Waals surface area contributed by atoms with Gasteiger partial charge in [0.2, 0.25) is 0 Å². The van der Waals surface area contributed by atoms with Crippen molar-refractivity contribution in [2.24, 2.45) is 0 Å². The Kier molecular flexibility index (Phi) is 5.41. The molecule has 0 heterocycles. The molecule has 0 aliphatic rings. The quantitative estimate of drug-likeness (QED) is 0.241. The smallest absolute Gasteiger partial charge is 0.0688 e. The average molecular weight is 465 g/mol. The highest BCUT2D eigenvalue weighted by Crippen LogP contribution is 2.38. The van der Waals surface area contributed by atoms with Gasteiger partial charge in [-0.1, -0.05) is 127 Å². The zero-order valence-corrected chi connectivity index (χ0v) is 21.4. The van der Waals surface area contributed by atoms with E-state index in [-0.39, 0.29) is 0 Å². The first-order chi connectivity index (χ1) is 16.8. The molecule has 0 aliphatic heterocycles. The molecule has 0 aliphatic carbocycles. The van der Waals surface area contributed by atoms with Gasteiger partial charge >= 0.3 is 0 Å². The highest BCUT2D eigenvalue weighted by Gasteiger charge is 2.13. The van der Waals surface area contributed by atoms with Crippen molar-refractivity contribution in [2.75, 3.05) is 0 Å². The first-order valence-electron chi connectivity index (χ1n) is 11.7. The third kappa shape index (κ3) is 3.51. The van der Waals surface area contributed by atoms with E-state index in [1.807, 2.05) is 0 Å². The summed E-state index contributed by atoms with van der Waals surface area (Å²) in [5.41, 5.74) is 5.18. The van der Waals surface area contributed by atoms with Crippen molar-refractivity contribution in [3.63, 3.8) is 0 Å². The van der Waals surface area contributed by atoms with Crippen molar-refractivity contribution in [3.8, 4) is 22.3 Å². The van der Waals surface area contributed by atoms with Crippen LogP contribution in [0.2, 0.25) is 13.1 Å². The van der Waals surface area contributed by atoms with E-state index in [4.69, 9.17) is 0 Å². The average Bonchev–Trinajstić information content (AvgIpc) is 2.91. The summed E-state index contributed by atoms with van der Waals surface area (Å²) < 4.78 is 0. The molecule has 6 rings (SSSR count). The number of fused-ring (bicyclic) bond motifs is 3. The summed E-state index contributed by atoms with van der Waals surface area (Å²) in [4.78, 5) is 0. The Morgan fingerprint density at radius 1 is 0.441 bits per heavy atom. The van der Waals surface area contributed by atoms with Gasteiger partial charge in [-0.25, -0.2) is 0 Å². The van der Waals surface area contributed by atoms with Crippen LogP contribution in [-0.4, -0.2) is 19.0 Å². The van der Waals surface area contributed by atoms with Crippen LogP contribution in [0.25, 0.3) is 54.6 Å². The minimum absolute atomic E-state index is 0.789. The van der Waals surface area contributed by atoms with Crippen LogP contribution < -0.4 is 10.4 Å². The summed E-state index contributed by atoms with van der Waals surface area (Å²) in [6, 6.07) is 40.7. The lowest BCUT2D eigenvalue weighted by Gasteiger charge is -2.15. The molecule has 0 fully saturated rings. The molecule has 0 nitrogen and oxygen atoms in total. The third-order valence-corrected chi connectivity index (χ3v) is 8.71. The van der Waals surface area contributed by atoms with E-state index in [1.54, 1.807) is 0 Å². The predicted molar refractivity (Wildman–Crippen MR) is 152 cm³/mol. The molecular formula is C32H24Si2. The zero-order chi connectivity index (χ0) is 23.1. The lowest BCUT2D eigenvalue weighted by Crippen LogP contribution is -2.11. The maximum atomic E-state index is 2.34. The molecule has 0 unspecified atom stereocenters. The Morgan fingerprint density at radius 3 is 1.71 bits per heavy atom. The predicted octanol–water partition coefficient (Wildman–Crippen LogP) is 7.24. The molecule has 0 aromatic heterocycles. The summed E-state index contributed by atoms with van der Waals surface area (Å²) in [5.74, 6) is 0. The lowest BCUT2D eigenvalue weighted by atomic mass is 9.89. The van der Waals surface area contributed by atoms with Gasteiger partial charge in [-0.2, -0.15) is 0 Å². The Balaban J connectivity index is 1.57. The molecule has 4 radical (unpaired) electrons. The maximum Gasteiger partial charge on any atom is 0.0781 e. The van der Waals surface area contributed by atoms with Crippen molar-refractivity contribution in [3.05, 3.63) is 109 Å². The van der Waals surface area contributed by atoms with Gasteiger partial charge in [0.15, 0.2) is 0 Å². The van der Waals surface area contributed by atoms with Crippen LogP contribution in [0.15, 0.2) is 109 Å². The van der Waals surface area contributed by atoms with Crippen LogP contribution in [0.3, 0.4) is 0 Å². The van der Waals surface area contributed by atoms with Crippen molar-refractivity contribution in [2.45, 2.75) is 13.1 Å². The Hall–Kier alpha value is -3.47. The molecule has 0 saturated heterocycles. The van der Waals surface area contributed by atoms with Crippen molar-refractivity contribution in [1.29, 1.82) is 0 Å². The highest BCUT2D eigenvalue weighted by molar-refractivity contribution is 6.56. The van der Waals surface area contributed by atoms with Gasteiger partial charge in [-0.15, -0.1) is 0 Å². The van der Waals surface area contributed by atoms with Crippen molar-refractivity contribution >= 4 is 61.7 Å². The van der Waals surface area contributed by atoms with Gasteiger partial charge in [0.05, 0.1) is 19.0 Å². The highest BCUT2D eigenvalue weighted by atomic mass is 28.2. The Morgan fingerprint density at radius 2 is 1.00 bits per heavy atom. The van der Waals surface area contributed by atoms with Crippen LogP contribution in [0.1, 0.15) is 0 Å². The molecule has 6 aromatic carbocycles. The number of benzene rings is 6. The number of hydrogen-bond acceptors (Lipinski definition) is 0. The normalized spacial score (nSPS) is 11.5. The van der Waals surface area contributed by atoms with Gasteiger partial charge < -0.3 is 0 Å². The fraction of sp³-hybridized carbons (Fsp3) is 0.0625. The summed E-state index contributed by atoms with van der Waals surface area (Å²) in [5, 5.41) is 10.8. The summed E-state index contributed by atoms with van der Waals surface area (Å²) >= 11 is 0. The Bertz CT molecular complexity index is 1680. The van der Waals surface area contributed by atoms with Crippen molar-refractivity contribution in [1.82, 2.24) is 0 Å². The standard InChI is InChI=1S/C32H24Si2/c1-33-24-14-13-21-19-23(12-11-22(21)20-24)25-15-16-29(27-8-4-3-7-26(25)27)30-17-18-32(34-2)31-10-6-5-9-28(30)31/h3-20H,1-2H3. The molecule has 0 spiro atoms. The van der Waals surface area contributed by atoms with Gasteiger partial charge in [-0.3, -0.25) is 0 Å². The number of rotatable bonds is 4. The third-order valence-electron chi connectivity index (χ3n) is 6.85. The van der Waals surface area contributed by atoms with E-state index in [1.165, 1.54) is 64.9 Å². The molecule has 0 bridgehead atoms. The largest absolute Gasteiger partial charge is 0.0781 e. The molecule has 0 amide bonds. The van der Waals surface area contributed by atoms with E-state index >= 15 is 0 Å². The first kappa shape index (κ1) is 21.1. The van der Waals surface area contributed by atoms with Crippen molar-refractivity contribution < 1.29 is 0 Å². The fourth-order valence-corrected chi connectivity index (χ4v) is 6.39. The van der Waals surface area contributed by atoms with Gasteiger partial charge in [0, 0.05) is 0 Å². The molecule has 34 heavy (non-hydrogen) atoms. The van der Waals surface area contributed by atoms with Gasteiger partial charge in [0.1, 0.15) is 0 Å². The SMILES string of the molecule is C[Si]c1ccc2cc(-c3ccc(-c4ccc([Si]C)c5ccccc45)c4ccccc34)ccc2c1. The number of hydrogen-bond donors (Lipinski definition) is 0. The molecule has 6 aromatic rings. The second kappa shape index (κ2) is 8.71. The molecule has 2 heteroatoms. The Labute approximate surface area is 205 Å². The molecule has 0 N–H and O–H groups in total. The first-order valence-corrected chi connectivity index (χ1v) is 14.7. The monoisotopic (exact) mass is 464 g/mol. The van der Waals surface area contributed by atoms with Gasteiger partial charge in [0.25, 0.3) is 0 Å². The summed E-state index contributed by atoms with van der Waals surface area (Å²) in [6.07, 6.45) is 0. The van der Waals surface area contributed by atoms with Crippen LogP contribution >= 0.6 is 0 Å².